The summed E-state index contributed by atoms with van der Waals surface area (Å²) in [6, 6.07) is 4.89. The van der Waals surface area contributed by atoms with Gasteiger partial charge in [-0.1, -0.05) is 17.7 Å². The molecule has 1 atom stereocenters. The number of hydrogen-bond acceptors (Lipinski definition) is 2. The van der Waals surface area contributed by atoms with Crippen LogP contribution in [0, 0.1) is 0 Å². The summed E-state index contributed by atoms with van der Waals surface area (Å²) in [7, 11) is 0. The molecular weight excluding hydrogens is 188 g/mol. The first kappa shape index (κ1) is 10.0. The van der Waals surface area contributed by atoms with Gasteiger partial charge in [-0.2, -0.15) is 0 Å². The fraction of sp³-hybridized carbons (Fsp3) is 0.222. The Morgan fingerprint density at radius 1 is 1.54 bits per heavy atom. The minimum absolute atomic E-state index is 0.129. The summed E-state index contributed by atoms with van der Waals surface area (Å²) in [4.78, 5) is 10.9. The van der Waals surface area contributed by atoms with E-state index in [0.717, 1.165) is 5.56 Å². The largest absolute Gasteiger partial charge is 0.366 e. The van der Waals surface area contributed by atoms with Gasteiger partial charge in [0, 0.05) is 6.04 Å². The van der Waals surface area contributed by atoms with Crippen molar-refractivity contribution in [1.82, 2.24) is 0 Å². The van der Waals surface area contributed by atoms with Crippen LogP contribution in [0.15, 0.2) is 18.2 Å². The molecule has 0 saturated heterocycles. The molecule has 1 aromatic carbocycles. The molecular formula is C9H11ClN2O. The molecule has 0 aliphatic carbocycles. The maximum absolute atomic E-state index is 10.9. The van der Waals surface area contributed by atoms with E-state index < -0.39 is 5.91 Å². The normalized spacial score (nSPS) is 12.5. The molecule has 3 nitrogen and oxygen atoms in total. The molecule has 1 amide bonds. The minimum atomic E-state index is -0.535. The highest BCUT2D eigenvalue weighted by Gasteiger charge is 2.08. The Labute approximate surface area is 81.7 Å². The summed E-state index contributed by atoms with van der Waals surface area (Å²) in [5, 5.41) is 0.358. The third-order valence-electron chi connectivity index (χ3n) is 1.78. The van der Waals surface area contributed by atoms with Gasteiger partial charge < -0.3 is 11.5 Å². The van der Waals surface area contributed by atoms with Crippen LogP contribution in [0.2, 0.25) is 5.02 Å². The van der Waals surface area contributed by atoms with Crippen LogP contribution in [-0.4, -0.2) is 5.91 Å². The molecule has 0 radical (unpaired) electrons. The molecule has 0 fully saturated rings. The van der Waals surface area contributed by atoms with Crippen LogP contribution in [0.5, 0.6) is 0 Å². The van der Waals surface area contributed by atoms with Crippen LogP contribution >= 0.6 is 11.6 Å². The number of primary amides is 1. The van der Waals surface area contributed by atoms with Crippen molar-refractivity contribution in [3.05, 3.63) is 34.3 Å². The molecule has 0 unspecified atom stereocenters. The van der Waals surface area contributed by atoms with Crippen LogP contribution in [0.1, 0.15) is 28.9 Å². The first-order chi connectivity index (χ1) is 6.02. The van der Waals surface area contributed by atoms with Crippen molar-refractivity contribution in [2.24, 2.45) is 11.5 Å². The maximum atomic E-state index is 10.9. The lowest BCUT2D eigenvalue weighted by Gasteiger charge is -2.07. The maximum Gasteiger partial charge on any atom is 0.250 e. The van der Waals surface area contributed by atoms with Crippen molar-refractivity contribution in [3.63, 3.8) is 0 Å². The zero-order chi connectivity index (χ0) is 10.0. The van der Waals surface area contributed by atoms with Crippen molar-refractivity contribution in [3.8, 4) is 0 Å². The van der Waals surface area contributed by atoms with Crippen LogP contribution in [0.4, 0.5) is 0 Å². The van der Waals surface area contributed by atoms with E-state index in [1.165, 1.54) is 0 Å². The molecule has 0 aliphatic rings. The molecule has 0 heterocycles. The first-order valence-electron chi connectivity index (χ1n) is 3.87. The van der Waals surface area contributed by atoms with Crippen molar-refractivity contribution < 1.29 is 4.79 Å². The van der Waals surface area contributed by atoms with Gasteiger partial charge in [-0.15, -0.1) is 0 Å². The Kier molecular flexibility index (Phi) is 2.90. The van der Waals surface area contributed by atoms with Gasteiger partial charge in [0.15, 0.2) is 0 Å². The Morgan fingerprint density at radius 2 is 2.15 bits per heavy atom. The summed E-state index contributed by atoms with van der Waals surface area (Å²) in [6.07, 6.45) is 0. The highest BCUT2D eigenvalue weighted by atomic mass is 35.5. The molecule has 0 spiro atoms. The van der Waals surface area contributed by atoms with Crippen molar-refractivity contribution in [1.29, 1.82) is 0 Å². The van der Waals surface area contributed by atoms with Crippen molar-refractivity contribution >= 4 is 17.5 Å². The molecule has 13 heavy (non-hydrogen) atoms. The number of rotatable bonds is 2. The highest BCUT2D eigenvalue weighted by molar-refractivity contribution is 6.33. The second-order valence-corrected chi connectivity index (χ2v) is 3.30. The third-order valence-corrected chi connectivity index (χ3v) is 2.11. The van der Waals surface area contributed by atoms with Crippen LogP contribution in [0.3, 0.4) is 0 Å². The SMILES string of the molecule is C[C@H](N)c1ccc(Cl)c(C(N)=O)c1. The van der Waals surface area contributed by atoms with E-state index in [0.29, 0.717) is 10.6 Å². The van der Waals surface area contributed by atoms with Gasteiger partial charge in [0.2, 0.25) is 5.91 Å². The van der Waals surface area contributed by atoms with Gasteiger partial charge in [-0.3, -0.25) is 4.79 Å². The Morgan fingerprint density at radius 3 is 2.62 bits per heavy atom. The molecule has 0 bridgehead atoms. The monoisotopic (exact) mass is 198 g/mol. The van der Waals surface area contributed by atoms with E-state index in [4.69, 9.17) is 23.1 Å². The van der Waals surface area contributed by atoms with E-state index >= 15 is 0 Å². The van der Waals surface area contributed by atoms with Crippen molar-refractivity contribution in [2.75, 3.05) is 0 Å². The summed E-state index contributed by atoms with van der Waals surface area (Å²) >= 11 is 5.75. The number of hydrogen-bond donors (Lipinski definition) is 2. The van der Waals surface area contributed by atoms with E-state index in [9.17, 15) is 4.79 Å². The van der Waals surface area contributed by atoms with Gasteiger partial charge in [-0.25, -0.2) is 0 Å². The van der Waals surface area contributed by atoms with Gasteiger partial charge in [0.1, 0.15) is 0 Å². The number of benzene rings is 1. The summed E-state index contributed by atoms with van der Waals surface area (Å²) in [5.41, 5.74) is 11.9. The predicted molar refractivity (Wildman–Crippen MR) is 52.6 cm³/mol. The smallest absolute Gasteiger partial charge is 0.250 e. The second-order valence-electron chi connectivity index (χ2n) is 2.89. The lowest BCUT2D eigenvalue weighted by Crippen LogP contribution is -2.13. The fourth-order valence-electron chi connectivity index (χ4n) is 1.01. The van der Waals surface area contributed by atoms with Crippen LogP contribution in [-0.2, 0) is 0 Å². The van der Waals surface area contributed by atoms with E-state index in [1.54, 1.807) is 18.2 Å². The lowest BCUT2D eigenvalue weighted by molar-refractivity contribution is 0.100. The lowest BCUT2D eigenvalue weighted by atomic mass is 10.1. The van der Waals surface area contributed by atoms with Crippen LogP contribution < -0.4 is 11.5 Å². The third kappa shape index (κ3) is 2.20. The van der Waals surface area contributed by atoms with Gasteiger partial charge in [-0.05, 0) is 24.6 Å². The zero-order valence-electron chi connectivity index (χ0n) is 7.25. The average molecular weight is 199 g/mol. The number of carbonyl (C=O) groups excluding carboxylic acids is 1. The number of carbonyl (C=O) groups is 1. The average Bonchev–Trinajstić information content (AvgIpc) is 2.04. The number of amides is 1. The Balaban J connectivity index is 3.19. The fourth-order valence-corrected chi connectivity index (χ4v) is 1.23. The van der Waals surface area contributed by atoms with E-state index in [2.05, 4.69) is 0 Å². The van der Waals surface area contributed by atoms with E-state index in [1.807, 2.05) is 6.92 Å². The van der Waals surface area contributed by atoms with Gasteiger partial charge in [0.05, 0.1) is 10.6 Å². The Bertz CT molecular complexity index is 336. The molecule has 4 heteroatoms. The first-order valence-corrected chi connectivity index (χ1v) is 4.25. The number of halogens is 1. The second kappa shape index (κ2) is 3.77. The molecule has 70 valence electrons. The zero-order valence-corrected chi connectivity index (χ0v) is 8.01. The van der Waals surface area contributed by atoms with E-state index in [-0.39, 0.29) is 6.04 Å². The molecule has 0 saturated carbocycles. The predicted octanol–water partition coefficient (Wildman–Crippen LogP) is 1.46. The highest BCUT2D eigenvalue weighted by Crippen LogP contribution is 2.19. The standard InChI is InChI=1S/C9H11ClN2O/c1-5(11)6-2-3-8(10)7(4-6)9(12)13/h2-5H,11H2,1H3,(H2,12,13)/t5-/m0/s1. The van der Waals surface area contributed by atoms with Crippen molar-refractivity contribution in [2.45, 2.75) is 13.0 Å². The number of nitrogens with two attached hydrogens (primary N) is 2. The van der Waals surface area contributed by atoms with Gasteiger partial charge in [0.25, 0.3) is 0 Å². The minimum Gasteiger partial charge on any atom is -0.366 e. The summed E-state index contributed by atoms with van der Waals surface area (Å²) in [5.74, 6) is -0.535. The molecule has 0 aliphatic heterocycles. The Hall–Kier alpha value is -1.06. The summed E-state index contributed by atoms with van der Waals surface area (Å²) in [6.45, 7) is 1.83. The molecule has 0 aromatic heterocycles. The summed E-state index contributed by atoms with van der Waals surface area (Å²) < 4.78 is 0. The quantitative estimate of drug-likeness (QED) is 0.756. The molecule has 1 rings (SSSR count). The molecule has 1 aromatic rings. The molecule has 4 N–H and O–H groups in total. The van der Waals surface area contributed by atoms with Gasteiger partial charge >= 0.3 is 0 Å². The van der Waals surface area contributed by atoms with Crippen LogP contribution in [0.25, 0.3) is 0 Å². The topological polar surface area (TPSA) is 69.1 Å².